The molecule has 0 unspecified atom stereocenters. The average molecular weight is 589 g/mol. The number of carbonyl (C=O) groups is 2. The largest absolute Gasteiger partial charge is 0.359 e. The van der Waals surface area contributed by atoms with Crippen LogP contribution in [0.4, 0.5) is 23.1 Å². The Morgan fingerprint density at radius 3 is 2.61 bits per heavy atom. The molecule has 7 rings (SSSR count). The molecule has 4 heterocycles. The van der Waals surface area contributed by atoms with Crippen molar-refractivity contribution < 1.29 is 9.59 Å². The zero-order valence-electron chi connectivity index (χ0n) is 25.4. The number of hydrogen-bond donors (Lipinski definition) is 3. The van der Waals surface area contributed by atoms with Gasteiger partial charge in [-0.05, 0) is 69.2 Å². The van der Waals surface area contributed by atoms with Crippen molar-refractivity contribution in [3.63, 3.8) is 0 Å². The van der Waals surface area contributed by atoms with Crippen LogP contribution in [0.1, 0.15) is 59.8 Å². The molecule has 44 heavy (non-hydrogen) atoms. The van der Waals surface area contributed by atoms with E-state index in [0.717, 1.165) is 76.0 Å². The van der Waals surface area contributed by atoms with E-state index in [1.807, 2.05) is 69.6 Å². The maximum absolute atomic E-state index is 13.8. The molecule has 2 aromatic carbocycles. The summed E-state index contributed by atoms with van der Waals surface area (Å²) in [6, 6.07) is 13.5. The van der Waals surface area contributed by atoms with Gasteiger partial charge in [0.25, 0.3) is 5.91 Å². The fraction of sp³-hybridized carbons (Fsp3) is 0.324. The first-order chi connectivity index (χ1) is 21.3. The number of rotatable bonds is 6. The highest BCUT2D eigenvalue weighted by molar-refractivity contribution is 6.15. The number of benzene rings is 2. The quantitative estimate of drug-likeness (QED) is 0.204. The minimum Gasteiger partial charge on any atom is -0.359 e. The smallest absolute Gasteiger partial charge is 0.259 e. The second kappa shape index (κ2) is 10.9. The molecule has 10 heteroatoms. The van der Waals surface area contributed by atoms with Crippen molar-refractivity contribution in [2.24, 2.45) is 18.9 Å². The third-order valence-electron chi connectivity index (χ3n) is 9.18. The fourth-order valence-electron chi connectivity index (χ4n) is 6.47. The predicted octanol–water partition coefficient (Wildman–Crippen LogP) is 6.64. The van der Waals surface area contributed by atoms with E-state index >= 15 is 0 Å². The summed E-state index contributed by atoms with van der Waals surface area (Å²) in [7, 11) is 1.89. The van der Waals surface area contributed by atoms with Crippen molar-refractivity contribution in [2.75, 3.05) is 15.5 Å². The molecule has 0 atom stereocenters. The van der Waals surface area contributed by atoms with Crippen LogP contribution in [0.5, 0.6) is 0 Å². The van der Waals surface area contributed by atoms with E-state index in [4.69, 9.17) is 4.98 Å². The molecule has 224 valence electrons. The molecule has 0 spiro atoms. The maximum Gasteiger partial charge on any atom is 0.259 e. The summed E-state index contributed by atoms with van der Waals surface area (Å²) in [5, 5.41) is 11.8. The lowest BCUT2D eigenvalue weighted by atomic mass is 9.82. The van der Waals surface area contributed by atoms with Crippen molar-refractivity contribution in [3.05, 3.63) is 77.2 Å². The van der Waals surface area contributed by atoms with Gasteiger partial charge in [-0.2, -0.15) is 5.10 Å². The molecule has 10 nitrogen and oxygen atoms in total. The van der Waals surface area contributed by atoms with Gasteiger partial charge in [0.2, 0.25) is 11.9 Å². The lowest BCUT2D eigenvalue weighted by Crippen LogP contribution is -2.27. The zero-order chi connectivity index (χ0) is 30.5. The summed E-state index contributed by atoms with van der Waals surface area (Å²) in [5.74, 6) is 1.81. The second-order valence-electron chi connectivity index (χ2n) is 12.2. The topological polar surface area (TPSA) is 121 Å². The molecule has 3 N–H and O–H groups in total. The molecule has 0 radical (unpaired) electrons. The van der Waals surface area contributed by atoms with E-state index in [9.17, 15) is 9.59 Å². The molecular formula is C34H36N8O2. The van der Waals surface area contributed by atoms with Crippen LogP contribution in [0.3, 0.4) is 0 Å². The van der Waals surface area contributed by atoms with E-state index in [1.54, 1.807) is 15.8 Å². The molecule has 1 fully saturated rings. The standard InChI is InChI=1S/C34H36N8O2/c1-19-11-13-22(14-12-19)32(43)37-27-9-5-8-24-26(27)18-42(33(24)44)28-10-6-7-23-25(17-35-31(23)28)30-20(2)16-36-34(39-30)38-29-15-21(3)41(4)40-29/h5-10,15-17,19,22,35H,11-14,18H2,1-4H3,(H,37,43)(H,36,38,39,40). The molecule has 5 aromatic rings. The Labute approximate surface area is 255 Å². The Morgan fingerprint density at radius 2 is 1.84 bits per heavy atom. The van der Waals surface area contributed by atoms with Gasteiger partial charge < -0.3 is 20.5 Å². The molecule has 0 saturated heterocycles. The summed E-state index contributed by atoms with van der Waals surface area (Å²) < 4.78 is 1.80. The van der Waals surface area contributed by atoms with Gasteiger partial charge in [-0.3, -0.25) is 14.3 Å². The second-order valence-corrected chi connectivity index (χ2v) is 12.2. The molecule has 3 aromatic heterocycles. The predicted molar refractivity (Wildman–Crippen MR) is 172 cm³/mol. The number of anilines is 4. The van der Waals surface area contributed by atoms with Gasteiger partial charge in [0, 0.05) is 64.9 Å². The fourth-order valence-corrected chi connectivity index (χ4v) is 6.47. The highest BCUT2D eigenvalue weighted by Gasteiger charge is 2.33. The van der Waals surface area contributed by atoms with Crippen LogP contribution in [-0.2, 0) is 18.4 Å². The van der Waals surface area contributed by atoms with Gasteiger partial charge in [-0.1, -0.05) is 25.1 Å². The van der Waals surface area contributed by atoms with Crippen LogP contribution >= 0.6 is 0 Å². The van der Waals surface area contributed by atoms with Gasteiger partial charge in [0.15, 0.2) is 5.82 Å². The van der Waals surface area contributed by atoms with Crippen LogP contribution in [0.2, 0.25) is 0 Å². The average Bonchev–Trinajstić information content (AvgIpc) is 3.69. The van der Waals surface area contributed by atoms with E-state index in [1.165, 1.54) is 0 Å². The van der Waals surface area contributed by atoms with Crippen LogP contribution in [0, 0.1) is 25.7 Å². The van der Waals surface area contributed by atoms with Crippen molar-refractivity contribution >= 4 is 45.9 Å². The maximum atomic E-state index is 13.8. The van der Waals surface area contributed by atoms with E-state index in [0.29, 0.717) is 29.8 Å². The number of aromatic nitrogens is 5. The highest BCUT2D eigenvalue weighted by atomic mass is 16.2. The summed E-state index contributed by atoms with van der Waals surface area (Å²) in [6.45, 7) is 6.60. The third kappa shape index (κ3) is 4.90. The molecule has 1 aliphatic heterocycles. The molecular weight excluding hydrogens is 552 g/mol. The number of carbonyl (C=O) groups excluding carboxylic acids is 2. The third-order valence-corrected chi connectivity index (χ3v) is 9.18. The van der Waals surface area contributed by atoms with Gasteiger partial charge in [-0.15, -0.1) is 0 Å². The molecule has 1 aliphatic carbocycles. The summed E-state index contributed by atoms with van der Waals surface area (Å²) in [6.07, 6.45) is 7.72. The van der Waals surface area contributed by atoms with Crippen LogP contribution < -0.4 is 15.5 Å². The Morgan fingerprint density at radius 1 is 1.05 bits per heavy atom. The van der Waals surface area contributed by atoms with E-state index in [2.05, 4.69) is 32.6 Å². The number of fused-ring (bicyclic) bond motifs is 2. The van der Waals surface area contributed by atoms with Crippen molar-refractivity contribution in [2.45, 2.75) is 53.0 Å². The number of nitrogens with zero attached hydrogens (tertiary/aromatic N) is 5. The number of para-hydroxylation sites is 1. The number of aromatic amines is 1. The number of nitrogens with one attached hydrogen (secondary N) is 3. The van der Waals surface area contributed by atoms with Gasteiger partial charge >= 0.3 is 0 Å². The van der Waals surface area contributed by atoms with Gasteiger partial charge in [-0.25, -0.2) is 9.97 Å². The van der Waals surface area contributed by atoms with Crippen LogP contribution in [-0.4, -0.2) is 36.5 Å². The van der Waals surface area contributed by atoms with Crippen molar-refractivity contribution in [1.29, 1.82) is 0 Å². The summed E-state index contributed by atoms with van der Waals surface area (Å²) in [5.41, 5.74) is 7.48. The first-order valence-corrected chi connectivity index (χ1v) is 15.2. The SMILES string of the molecule is Cc1cnc(Nc2cc(C)n(C)n2)nc1-c1c[nH]c2c(N3Cc4c(NC(=O)C5CCC(C)CC5)cccc4C3=O)cccc12. The number of hydrogen-bond acceptors (Lipinski definition) is 6. The zero-order valence-corrected chi connectivity index (χ0v) is 25.4. The highest BCUT2D eigenvalue weighted by Crippen LogP contribution is 2.39. The summed E-state index contributed by atoms with van der Waals surface area (Å²) in [4.78, 5) is 41.4. The number of amides is 2. The van der Waals surface area contributed by atoms with E-state index < -0.39 is 0 Å². The Hall–Kier alpha value is -4.99. The molecule has 2 amide bonds. The number of aryl methyl sites for hydroxylation is 3. The minimum atomic E-state index is -0.0819. The normalized spacial score (nSPS) is 18.1. The van der Waals surface area contributed by atoms with Crippen molar-refractivity contribution in [1.82, 2.24) is 24.7 Å². The van der Waals surface area contributed by atoms with Crippen LogP contribution in [0.15, 0.2) is 54.9 Å². The van der Waals surface area contributed by atoms with Crippen molar-refractivity contribution in [3.8, 4) is 11.3 Å². The van der Waals surface area contributed by atoms with Crippen LogP contribution in [0.25, 0.3) is 22.2 Å². The Bertz CT molecular complexity index is 1890. The first-order valence-electron chi connectivity index (χ1n) is 15.2. The number of H-pyrrole nitrogens is 1. The lowest BCUT2D eigenvalue weighted by Gasteiger charge is -2.25. The monoisotopic (exact) mass is 588 g/mol. The first kappa shape index (κ1) is 27.8. The molecule has 0 bridgehead atoms. The molecule has 2 aliphatic rings. The minimum absolute atomic E-state index is 0.0235. The van der Waals surface area contributed by atoms with Gasteiger partial charge in [0.1, 0.15) is 0 Å². The molecule has 1 saturated carbocycles. The van der Waals surface area contributed by atoms with Gasteiger partial charge in [0.05, 0.1) is 23.4 Å². The Balaban J connectivity index is 1.18. The Kier molecular flexibility index (Phi) is 6.91. The lowest BCUT2D eigenvalue weighted by molar-refractivity contribution is -0.121. The summed E-state index contributed by atoms with van der Waals surface area (Å²) >= 11 is 0. The van der Waals surface area contributed by atoms with E-state index in [-0.39, 0.29) is 17.7 Å².